The number of carboxylic acid groups (broad SMARTS) is 1. The molecule has 1 unspecified atom stereocenters. The van der Waals surface area contributed by atoms with Crippen LogP contribution >= 0.6 is 11.6 Å². The van der Waals surface area contributed by atoms with Crippen LogP contribution in [0.15, 0.2) is 59.5 Å². The van der Waals surface area contributed by atoms with E-state index in [-0.39, 0.29) is 10.6 Å². The van der Waals surface area contributed by atoms with Gasteiger partial charge in [-0.3, -0.25) is 4.79 Å². The Bertz CT molecular complexity index is 1060. The topological polar surface area (TPSA) is 76.4 Å². The number of carboxylic acids is 1. The van der Waals surface area contributed by atoms with Gasteiger partial charge in [-0.15, -0.1) is 0 Å². The summed E-state index contributed by atoms with van der Waals surface area (Å²) in [7, 11) is -3.95. The van der Waals surface area contributed by atoms with Crippen LogP contribution < -0.4 is 0 Å². The predicted octanol–water partition coefficient (Wildman–Crippen LogP) is 4.50. The fourth-order valence-electron chi connectivity index (χ4n) is 3.08. The van der Waals surface area contributed by atoms with Crippen LogP contribution in [0, 0.1) is 0 Å². The largest absolute Gasteiger partial charge is 0.481 e. The highest BCUT2D eigenvalue weighted by Gasteiger charge is 2.30. The fourth-order valence-corrected chi connectivity index (χ4v) is 4.85. The summed E-state index contributed by atoms with van der Waals surface area (Å²) < 4.78 is 27.7. The van der Waals surface area contributed by atoms with Crippen LogP contribution in [0.4, 0.5) is 0 Å². The maximum Gasteiger partial charge on any atom is 0.312 e. The molecule has 3 aromatic rings. The first-order chi connectivity index (χ1) is 12.4. The van der Waals surface area contributed by atoms with Crippen molar-refractivity contribution in [2.75, 3.05) is 0 Å². The minimum Gasteiger partial charge on any atom is -0.481 e. The molecule has 0 saturated carbocycles. The van der Waals surface area contributed by atoms with E-state index in [0.29, 0.717) is 28.8 Å². The van der Waals surface area contributed by atoms with E-state index in [9.17, 15) is 18.3 Å². The van der Waals surface area contributed by atoms with Crippen molar-refractivity contribution < 1.29 is 18.3 Å². The highest BCUT2D eigenvalue weighted by atomic mass is 35.5. The van der Waals surface area contributed by atoms with Crippen molar-refractivity contribution in [3.63, 3.8) is 0 Å². The van der Waals surface area contributed by atoms with Crippen LogP contribution in [0.1, 0.15) is 31.4 Å². The predicted molar refractivity (Wildman–Crippen MR) is 101 cm³/mol. The van der Waals surface area contributed by atoms with E-state index < -0.39 is 21.9 Å². The molecule has 0 spiro atoms. The molecule has 3 rings (SSSR count). The van der Waals surface area contributed by atoms with Crippen LogP contribution in [0.5, 0.6) is 0 Å². The number of carbonyl (C=O) groups is 1. The Kier molecular flexibility index (Phi) is 5.07. The van der Waals surface area contributed by atoms with Gasteiger partial charge in [0, 0.05) is 16.1 Å². The molecule has 2 aromatic carbocycles. The van der Waals surface area contributed by atoms with Crippen LogP contribution in [0.2, 0.25) is 5.02 Å². The zero-order valence-electron chi connectivity index (χ0n) is 14.1. The van der Waals surface area contributed by atoms with E-state index in [1.807, 2.05) is 6.92 Å². The summed E-state index contributed by atoms with van der Waals surface area (Å²) in [5.74, 6) is -1.98. The first kappa shape index (κ1) is 18.5. The maximum absolute atomic E-state index is 13.3. The highest BCUT2D eigenvalue weighted by molar-refractivity contribution is 7.90. The molecule has 26 heavy (non-hydrogen) atoms. The maximum atomic E-state index is 13.3. The standard InChI is InChI=1S/C19H18ClNO4S/c1-2-6-16(19(22)23)18-12-13-11-14(20)9-10-17(13)21(18)26(24,25)15-7-4-3-5-8-15/h3-5,7-12,16H,2,6H2,1H3,(H,22,23). The molecule has 0 fully saturated rings. The van der Waals surface area contributed by atoms with Gasteiger partial charge in [-0.1, -0.05) is 43.1 Å². The van der Waals surface area contributed by atoms with Gasteiger partial charge in [0.25, 0.3) is 10.0 Å². The average Bonchev–Trinajstić information content (AvgIpc) is 2.98. The van der Waals surface area contributed by atoms with Gasteiger partial charge < -0.3 is 5.11 Å². The van der Waals surface area contributed by atoms with Gasteiger partial charge in [0.2, 0.25) is 0 Å². The normalized spacial score (nSPS) is 13.0. The number of halogens is 1. The molecule has 0 amide bonds. The smallest absolute Gasteiger partial charge is 0.312 e. The molecule has 7 heteroatoms. The highest BCUT2D eigenvalue weighted by Crippen LogP contribution is 2.33. The third-order valence-corrected chi connectivity index (χ3v) is 6.25. The minimum absolute atomic E-state index is 0.106. The lowest BCUT2D eigenvalue weighted by Gasteiger charge is -2.16. The van der Waals surface area contributed by atoms with Crippen LogP contribution in [-0.2, 0) is 14.8 Å². The molecular formula is C19H18ClNO4S. The van der Waals surface area contributed by atoms with Crippen molar-refractivity contribution in [2.45, 2.75) is 30.6 Å². The van der Waals surface area contributed by atoms with Crippen molar-refractivity contribution >= 4 is 38.5 Å². The number of aliphatic carboxylic acids is 1. The molecule has 1 N–H and O–H groups in total. The van der Waals surface area contributed by atoms with Crippen molar-refractivity contribution in [3.05, 3.63) is 65.3 Å². The van der Waals surface area contributed by atoms with Crippen molar-refractivity contribution in [1.82, 2.24) is 3.97 Å². The Morgan fingerprint density at radius 1 is 1.15 bits per heavy atom. The van der Waals surface area contributed by atoms with Crippen molar-refractivity contribution in [2.24, 2.45) is 0 Å². The number of rotatable bonds is 6. The van der Waals surface area contributed by atoms with Gasteiger partial charge in [0.05, 0.1) is 16.3 Å². The fraction of sp³-hybridized carbons (Fsp3) is 0.211. The third kappa shape index (κ3) is 3.22. The third-order valence-electron chi connectivity index (χ3n) is 4.26. The first-order valence-electron chi connectivity index (χ1n) is 8.20. The monoisotopic (exact) mass is 391 g/mol. The molecule has 0 saturated heterocycles. The van der Waals surface area contributed by atoms with Gasteiger partial charge in [-0.05, 0) is 42.8 Å². The number of fused-ring (bicyclic) bond motifs is 1. The van der Waals surface area contributed by atoms with Crippen LogP contribution in [-0.4, -0.2) is 23.5 Å². The first-order valence-corrected chi connectivity index (χ1v) is 10.0. The lowest BCUT2D eigenvalue weighted by Crippen LogP contribution is -2.21. The minimum atomic E-state index is -3.95. The van der Waals surface area contributed by atoms with Gasteiger partial charge >= 0.3 is 5.97 Å². The Hall–Kier alpha value is -2.31. The van der Waals surface area contributed by atoms with Crippen molar-refractivity contribution in [1.29, 1.82) is 0 Å². The van der Waals surface area contributed by atoms with E-state index in [2.05, 4.69) is 0 Å². The van der Waals surface area contributed by atoms with Crippen LogP contribution in [0.3, 0.4) is 0 Å². The molecule has 0 bridgehead atoms. The molecule has 136 valence electrons. The quantitative estimate of drug-likeness (QED) is 0.671. The summed E-state index contributed by atoms with van der Waals surface area (Å²) in [6, 6.07) is 14.4. The Labute approximate surface area is 156 Å². The number of hydrogen-bond donors (Lipinski definition) is 1. The molecule has 0 aliphatic carbocycles. The van der Waals surface area contributed by atoms with Gasteiger partial charge in [0.1, 0.15) is 0 Å². The second kappa shape index (κ2) is 7.13. The number of hydrogen-bond acceptors (Lipinski definition) is 3. The van der Waals surface area contributed by atoms with Crippen molar-refractivity contribution in [3.8, 4) is 0 Å². The van der Waals surface area contributed by atoms with E-state index in [4.69, 9.17) is 11.6 Å². The van der Waals surface area contributed by atoms with E-state index in [0.717, 1.165) is 3.97 Å². The summed E-state index contributed by atoms with van der Waals surface area (Å²) in [4.78, 5) is 11.9. The number of nitrogens with zero attached hydrogens (tertiary/aromatic N) is 1. The molecule has 5 nitrogen and oxygen atoms in total. The molecule has 1 atom stereocenters. The SMILES string of the molecule is CCCC(C(=O)O)c1cc2cc(Cl)ccc2n1S(=O)(=O)c1ccccc1. The lowest BCUT2D eigenvalue weighted by molar-refractivity contribution is -0.139. The molecule has 0 aliphatic rings. The Morgan fingerprint density at radius 3 is 2.46 bits per heavy atom. The zero-order chi connectivity index (χ0) is 18.9. The number of benzene rings is 2. The van der Waals surface area contributed by atoms with E-state index >= 15 is 0 Å². The summed E-state index contributed by atoms with van der Waals surface area (Å²) in [5.41, 5.74) is 0.649. The molecular weight excluding hydrogens is 374 g/mol. The summed E-state index contributed by atoms with van der Waals surface area (Å²) >= 11 is 6.04. The summed E-state index contributed by atoms with van der Waals surface area (Å²) in [6.45, 7) is 1.87. The Morgan fingerprint density at radius 2 is 1.85 bits per heavy atom. The van der Waals surface area contributed by atoms with Gasteiger partial charge in [-0.25, -0.2) is 12.4 Å². The second-order valence-electron chi connectivity index (χ2n) is 6.03. The summed E-state index contributed by atoms with van der Waals surface area (Å²) in [6.07, 6.45) is 0.953. The van der Waals surface area contributed by atoms with E-state index in [1.54, 1.807) is 42.5 Å². The molecule has 0 radical (unpaired) electrons. The van der Waals surface area contributed by atoms with E-state index in [1.165, 1.54) is 12.1 Å². The Balaban J connectivity index is 2.35. The average molecular weight is 392 g/mol. The van der Waals surface area contributed by atoms with Gasteiger partial charge in [-0.2, -0.15) is 0 Å². The zero-order valence-corrected chi connectivity index (χ0v) is 15.7. The van der Waals surface area contributed by atoms with Crippen LogP contribution in [0.25, 0.3) is 10.9 Å². The number of aromatic nitrogens is 1. The second-order valence-corrected chi connectivity index (χ2v) is 8.26. The lowest BCUT2D eigenvalue weighted by atomic mass is 10.0. The molecule has 1 aromatic heterocycles. The summed E-state index contributed by atoms with van der Waals surface area (Å²) in [5, 5.41) is 10.7. The molecule has 1 heterocycles. The van der Waals surface area contributed by atoms with Gasteiger partial charge in [0.15, 0.2) is 0 Å². The molecule has 0 aliphatic heterocycles.